The van der Waals surface area contributed by atoms with Crippen molar-refractivity contribution in [1.29, 1.82) is 0 Å². The number of benzene rings is 2. The van der Waals surface area contributed by atoms with Crippen LogP contribution >= 0.6 is 0 Å². The highest BCUT2D eigenvalue weighted by atomic mass is 19.1. The Kier molecular flexibility index (Phi) is 4.48. The molecule has 0 unspecified atom stereocenters. The molecule has 0 aliphatic carbocycles. The van der Waals surface area contributed by atoms with Crippen molar-refractivity contribution in [3.05, 3.63) is 70.5 Å². The first-order valence-corrected chi connectivity index (χ1v) is 6.42. The summed E-state index contributed by atoms with van der Waals surface area (Å²) >= 11 is 0. The molecule has 0 fully saturated rings. The van der Waals surface area contributed by atoms with Crippen molar-refractivity contribution in [1.82, 2.24) is 5.32 Å². The van der Waals surface area contributed by atoms with Crippen LogP contribution in [0.4, 0.5) is 4.39 Å². The molecule has 0 aliphatic heterocycles. The molecule has 0 atom stereocenters. The summed E-state index contributed by atoms with van der Waals surface area (Å²) in [6, 6.07) is 12.1. The number of halogens is 1. The van der Waals surface area contributed by atoms with E-state index < -0.39 is 0 Å². The normalized spacial score (nSPS) is 10.3. The van der Waals surface area contributed by atoms with E-state index in [1.807, 2.05) is 24.3 Å². The Hall–Kier alpha value is -2.20. The van der Waals surface area contributed by atoms with Gasteiger partial charge in [-0.3, -0.25) is 4.79 Å². The molecule has 0 radical (unpaired) electrons. The van der Waals surface area contributed by atoms with Gasteiger partial charge < -0.3 is 11.1 Å². The second-order valence-corrected chi connectivity index (χ2v) is 4.67. The summed E-state index contributed by atoms with van der Waals surface area (Å²) in [5, 5.41) is 2.81. The van der Waals surface area contributed by atoms with Gasteiger partial charge in [0.05, 0.1) is 0 Å². The van der Waals surface area contributed by atoms with Gasteiger partial charge in [0.1, 0.15) is 5.82 Å². The summed E-state index contributed by atoms with van der Waals surface area (Å²) in [4.78, 5) is 12.0. The molecule has 0 saturated heterocycles. The Morgan fingerprint density at radius 1 is 1.20 bits per heavy atom. The van der Waals surface area contributed by atoms with Gasteiger partial charge in [-0.2, -0.15) is 0 Å². The van der Waals surface area contributed by atoms with Gasteiger partial charge in [0.15, 0.2) is 0 Å². The Morgan fingerprint density at radius 2 is 1.95 bits per heavy atom. The number of amides is 1. The van der Waals surface area contributed by atoms with Gasteiger partial charge in [-0.1, -0.05) is 24.3 Å². The maximum atomic E-state index is 13.2. The first-order chi connectivity index (χ1) is 9.60. The molecule has 104 valence electrons. The lowest BCUT2D eigenvalue weighted by atomic mass is 10.1. The number of carbonyl (C=O) groups excluding carboxylic acids is 1. The van der Waals surface area contributed by atoms with Crippen LogP contribution in [0.25, 0.3) is 0 Å². The van der Waals surface area contributed by atoms with E-state index >= 15 is 0 Å². The van der Waals surface area contributed by atoms with Crippen LogP contribution in [0.3, 0.4) is 0 Å². The highest BCUT2D eigenvalue weighted by Crippen LogP contribution is 2.10. The van der Waals surface area contributed by atoms with E-state index in [1.165, 1.54) is 12.1 Å². The molecule has 0 saturated carbocycles. The van der Waals surface area contributed by atoms with E-state index in [0.717, 1.165) is 11.1 Å². The SMILES string of the molecule is Cc1cc(C(=O)NCc2cccc(CN)c2)ccc1F. The second-order valence-electron chi connectivity index (χ2n) is 4.67. The molecule has 20 heavy (non-hydrogen) atoms. The quantitative estimate of drug-likeness (QED) is 0.898. The van der Waals surface area contributed by atoms with E-state index in [9.17, 15) is 9.18 Å². The van der Waals surface area contributed by atoms with Crippen LogP contribution in [0, 0.1) is 12.7 Å². The number of hydrogen-bond donors (Lipinski definition) is 2. The standard InChI is InChI=1S/C16H17FN2O/c1-11-7-14(5-6-15(11)17)16(20)19-10-13-4-2-3-12(8-13)9-18/h2-8H,9-10,18H2,1H3,(H,19,20). The summed E-state index contributed by atoms with van der Waals surface area (Å²) in [6.45, 7) is 2.53. The number of rotatable bonds is 4. The van der Waals surface area contributed by atoms with Crippen LogP contribution in [-0.2, 0) is 13.1 Å². The maximum absolute atomic E-state index is 13.2. The lowest BCUT2D eigenvalue weighted by Gasteiger charge is -2.07. The summed E-state index contributed by atoms with van der Waals surface area (Å²) in [5.41, 5.74) is 8.50. The molecule has 3 nitrogen and oxygen atoms in total. The maximum Gasteiger partial charge on any atom is 0.251 e. The first kappa shape index (κ1) is 14.2. The Morgan fingerprint density at radius 3 is 2.65 bits per heavy atom. The average molecular weight is 272 g/mol. The summed E-state index contributed by atoms with van der Waals surface area (Å²) in [7, 11) is 0. The molecular formula is C16H17FN2O. The van der Waals surface area contributed by atoms with Crippen molar-refractivity contribution in [2.45, 2.75) is 20.0 Å². The average Bonchev–Trinajstić information content (AvgIpc) is 2.47. The molecule has 4 heteroatoms. The molecule has 0 spiro atoms. The summed E-state index contributed by atoms with van der Waals surface area (Å²) in [5.74, 6) is -0.525. The molecule has 0 aromatic heterocycles. The Labute approximate surface area is 117 Å². The molecule has 3 N–H and O–H groups in total. The van der Waals surface area contributed by atoms with E-state index in [0.29, 0.717) is 24.2 Å². The van der Waals surface area contributed by atoms with Crippen molar-refractivity contribution in [2.75, 3.05) is 0 Å². The van der Waals surface area contributed by atoms with Crippen LogP contribution in [-0.4, -0.2) is 5.91 Å². The molecule has 1 amide bonds. The minimum absolute atomic E-state index is 0.216. The lowest BCUT2D eigenvalue weighted by Crippen LogP contribution is -2.23. The number of carbonyl (C=O) groups is 1. The van der Waals surface area contributed by atoms with Crippen LogP contribution < -0.4 is 11.1 Å². The third-order valence-corrected chi connectivity index (χ3v) is 3.10. The summed E-state index contributed by atoms with van der Waals surface area (Å²) in [6.07, 6.45) is 0. The van der Waals surface area contributed by atoms with Gasteiger partial charge >= 0.3 is 0 Å². The third-order valence-electron chi connectivity index (χ3n) is 3.10. The smallest absolute Gasteiger partial charge is 0.251 e. The second kappa shape index (κ2) is 6.30. The van der Waals surface area contributed by atoms with Crippen LogP contribution in [0.5, 0.6) is 0 Å². The van der Waals surface area contributed by atoms with E-state index in [2.05, 4.69) is 5.32 Å². The lowest BCUT2D eigenvalue weighted by molar-refractivity contribution is 0.0951. The highest BCUT2D eigenvalue weighted by Gasteiger charge is 2.07. The van der Waals surface area contributed by atoms with Gasteiger partial charge in [0.2, 0.25) is 0 Å². The molecule has 2 rings (SSSR count). The topological polar surface area (TPSA) is 55.1 Å². The van der Waals surface area contributed by atoms with Crippen LogP contribution in [0.1, 0.15) is 27.0 Å². The monoisotopic (exact) mass is 272 g/mol. The number of nitrogens with one attached hydrogen (secondary N) is 1. The van der Waals surface area contributed by atoms with Crippen molar-refractivity contribution in [3.8, 4) is 0 Å². The zero-order valence-corrected chi connectivity index (χ0v) is 11.3. The fourth-order valence-electron chi connectivity index (χ4n) is 1.94. The number of aryl methyl sites for hydroxylation is 1. The highest BCUT2D eigenvalue weighted by molar-refractivity contribution is 5.94. The van der Waals surface area contributed by atoms with Crippen molar-refractivity contribution in [3.63, 3.8) is 0 Å². The molecule has 0 heterocycles. The Balaban J connectivity index is 2.02. The zero-order valence-electron chi connectivity index (χ0n) is 11.3. The fourth-order valence-corrected chi connectivity index (χ4v) is 1.94. The molecular weight excluding hydrogens is 255 g/mol. The first-order valence-electron chi connectivity index (χ1n) is 6.42. The van der Waals surface area contributed by atoms with Gasteiger partial charge in [-0.05, 0) is 41.8 Å². The van der Waals surface area contributed by atoms with Gasteiger partial charge in [0, 0.05) is 18.7 Å². The minimum atomic E-state index is -0.308. The van der Waals surface area contributed by atoms with Crippen LogP contribution in [0.2, 0.25) is 0 Å². The van der Waals surface area contributed by atoms with Crippen molar-refractivity contribution >= 4 is 5.91 Å². The van der Waals surface area contributed by atoms with Crippen molar-refractivity contribution in [2.24, 2.45) is 5.73 Å². The molecule has 0 bridgehead atoms. The Bertz CT molecular complexity index is 626. The predicted octanol–water partition coefficient (Wildman–Crippen LogP) is 2.52. The molecule has 2 aromatic rings. The van der Waals surface area contributed by atoms with Gasteiger partial charge in [-0.25, -0.2) is 4.39 Å². The fraction of sp³-hybridized carbons (Fsp3) is 0.188. The van der Waals surface area contributed by atoms with E-state index in [4.69, 9.17) is 5.73 Å². The van der Waals surface area contributed by atoms with Crippen LogP contribution in [0.15, 0.2) is 42.5 Å². The van der Waals surface area contributed by atoms with E-state index in [-0.39, 0.29) is 11.7 Å². The van der Waals surface area contributed by atoms with Gasteiger partial charge in [0.25, 0.3) is 5.91 Å². The minimum Gasteiger partial charge on any atom is -0.348 e. The predicted molar refractivity (Wildman–Crippen MR) is 76.6 cm³/mol. The van der Waals surface area contributed by atoms with E-state index in [1.54, 1.807) is 13.0 Å². The number of hydrogen-bond acceptors (Lipinski definition) is 2. The summed E-state index contributed by atoms with van der Waals surface area (Å²) < 4.78 is 13.2. The zero-order chi connectivity index (χ0) is 14.5. The molecule has 0 aliphatic rings. The van der Waals surface area contributed by atoms with Gasteiger partial charge in [-0.15, -0.1) is 0 Å². The molecule has 2 aromatic carbocycles. The van der Waals surface area contributed by atoms with Crippen molar-refractivity contribution < 1.29 is 9.18 Å². The largest absolute Gasteiger partial charge is 0.348 e. The number of nitrogens with two attached hydrogens (primary N) is 1. The third kappa shape index (κ3) is 3.42.